The first-order valence-corrected chi connectivity index (χ1v) is 9.78. The lowest BCUT2D eigenvalue weighted by molar-refractivity contribution is -0.151. The molecule has 0 saturated heterocycles. The van der Waals surface area contributed by atoms with Gasteiger partial charge in [-0.05, 0) is 45.0 Å². The van der Waals surface area contributed by atoms with E-state index in [0.29, 0.717) is 27.5 Å². The number of ether oxygens (including phenoxy) is 2. The predicted molar refractivity (Wildman–Crippen MR) is 110 cm³/mol. The number of esters is 1. The zero-order valence-corrected chi connectivity index (χ0v) is 17.1. The topological polar surface area (TPSA) is 70.4 Å². The molecule has 6 nitrogen and oxygen atoms in total. The molecular weight excluding hydrogens is 376 g/mol. The highest BCUT2D eigenvalue weighted by molar-refractivity contribution is 7.99. The summed E-state index contributed by atoms with van der Waals surface area (Å²) in [6, 6.07) is 14.3. The van der Waals surface area contributed by atoms with E-state index in [4.69, 9.17) is 9.47 Å². The number of nitrogens with zero attached hydrogens (tertiary/aromatic N) is 2. The van der Waals surface area contributed by atoms with Gasteiger partial charge >= 0.3 is 5.97 Å². The summed E-state index contributed by atoms with van der Waals surface area (Å²) in [5, 5.41) is 0.926. The molecule has 0 amide bonds. The van der Waals surface area contributed by atoms with Gasteiger partial charge in [0, 0.05) is 6.07 Å². The SMILES string of the molecule is COc1cccc(-n2c(SCC(=O)OC(C)(C)C)nc3ccccc3c2=O)c1. The molecule has 1 aromatic heterocycles. The van der Waals surface area contributed by atoms with E-state index >= 15 is 0 Å². The first-order chi connectivity index (χ1) is 13.3. The first kappa shape index (κ1) is 19.9. The van der Waals surface area contributed by atoms with Crippen molar-refractivity contribution in [3.8, 4) is 11.4 Å². The fourth-order valence-electron chi connectivity index (χ4n) is 2.68. The van der Waals surface area contributed by atoms with Crippen LogP contribution in [0.1, 0.15) is 20.8 Å². The number of methoxy groups -OCH3 is 1. The standard InChI is InChI=1S/C21H22N2O4S/c1-21(2,3)27-18(24)13-28-20-22-17-11-6-5-10-16(17)19(25)23(20)14-8-7-9-15(12-14)26-4/h5-12H,13H2,1-4H3. The number of rotatable bonds is 5. The van der Waals surface area contributed by atoms with Gasteiger partial charge in [-0.15, -0.1) is 0 Å². The van der Waals surface area contributed by atoms with Gasteiger partial charge in [0.15, 0.2) is 5.16 Å². The van der Waals surface area contributed by atoms with E-state index < -0.39 is 5.60 Å². The number of benzene rings is 2. The Morgan fingerprint density at radius 2 is 1.89 bits per heavy atom. The molecule has 0 unspecified atom stereocenters. The molecule has 28 heavy (non-hydrogen) atoms. The maximum absolute atomic E-state index is 13.2. The van der Waals surface area contributed by atoms with E-state index in [9.17, 15) is 9.59 Å². The number of fused-ring (bicyclic) bond motifs is 1. The van der Waals surface area contributed by atoms with E-state index in [1.807, 2.05) is 26.8 Å². The molecule has 0 spiro atoms. The van der Waals surface area contributed by atoms with Crippen LogP contribution in [-0.4, -0.2) is 34.0 Å². The van der Waals surface area contributed by atoms with Gasteiger partial charge in [-0.3, -0.25) is 14.2 Å². The normalized spacial score (nSPS) is 11.4. The van der Waals surface area contributed by atoms with E-state index in [1.165, 1.54) is 16.3 Å². The van der Waals surface area contributed by atoms with Gasteiger partial charge < -0.3 is 9.47 Å². The zero-order chi connectivity index (χ0) is 20.3. The summed E-state index contributed by atoms with van der Waals surface area (Å²) in [5.41, 5.74) is 0.430. The quantitative estimate of drug-likeness (QED) is 0.370. The van der Waals surface area contributed by atoms with Crippen LogP contribution in [0.2, 0.25) is 0 Å². The molecular formula is C21H22N2O4S. The molecule has 0 bridgehead atoms. The minimum Gasteiger partial charge on any atom is -0.497 e. The molecule has 2 aromatic carbocycles. The van der Waals surface area contributed by atoms with Crippen LogP contribution in [0.4, 0.5) is 0 Å². The molecule has 0 saturated carbocycles. The van der Waals surface area contributed by atoms with Crippen LogP contribution < -0.4 is 10.3 Å². The summed E-state index contributed by atoms with van der Waals surface area (Å²) in [4.78, 5) is 29.9. The number of para-hydroxylation sites is 1. The monoisotopic (exact) mass is 398 g/mol. The van der Waals surface area contributed by atoms with Crippen molar-refractivity contribution in [1.82, 2.24) is 9.55 Å². The van der Waals surface area contributed by atoms with Crippen LogP contribution >= 0.6 is 11.8 Å². The molecule has 146 valence electrons. The van der Waals surface area contributed by atoms with Gasteiger partial charge in [0.2, 0.25) is 0 Å². The van der Waals surface area contributed by atoms with Gasteiger partial charge in [0.05, 0.1) is 29.5 Å². The average Bonchev–Trinajstić information content (AvgIpc) is 2.65. The maximum atomic E-state index is 13.2. The van der Waals surface area contributed by atoms with Crippen LogP contribution in [0.25, 0.3) is 16.6 Å². The molecule has 1 heterocycles. The van der Waals surface area contributed by atoms with E-state index in [0.717, 1.165) is 0 Å². The lowest BCUT2D eigenvalue weighted by Crippen LogP contribution is -2.26. The van der Waals surface area contributed by atoms with Crippen LogP contribution in [0.5, 0.6) is 5.75 Å². The lowest BCUT2D eigenvalue weighted by atomic mass is 10.2. The molecule has 0 atom stereocenters. The minimum absolute atomic E-state index is 0.0476. The summed E-state index contributed by atoms with van der Waals surface area (Å²) in [7, 11) is 1.57. The minimum atomic E-state index is -0.569. The van der Waals surface area contributed by atoms with Crippen LogP contribution in [0.15, 0.2) is 58.5 Å². The average molecular weight is 398 g/mol. The van der Waals surface area contributed by atoms with Crippen LogP contribution in [0, 0.1) is 0 Å². The van der Waals surface area contributed by atoms with E-state index in [-0.39, 0.29) is 17.3 Å². The Morgan fingerprint density at radius 1 is 1.14 bits per heavy atom. The summed E-state index contributed by atoms with van der Waals surface area (Å²) in [6.45, 7) is 5.45. The Labute approximate surface area is 167 Å². The second-order valence-electron chi connectivity index (χ2n) is 7.13. The molecule has 3 rings (SSSR count). The Kier molecular flexibility index (Phi) is 5.74. The van der Waals surface area contributed by atoms with Crippen molar-refractivity contribution in [2.45, 2.75) is 31.5 Å². The van der Waals surface area contributed by atoms with Gasteiger partial charge in [-0.2, -0.15) is 0 Å². The molecule has 0 aliphatic heterocycles. The Balaban J connectivity index is 2.07. The third kappa shape index (κ3) is 4.54. The van der Waals surface area contributed by atoms with Crippen LogP contribution in [-0.2, 0) is 9.53 Å². The van der Waals surface area contributed by atoms with Crippen molar-refractivity contribution in [3.63, 3.8) is 0 Å². The second-order valence-corrected chi connectivity index (χ2v) is 8.07. The smallest absolute Gasteiger partial charge is 0.316 e. The third-order valence-electron chi connectivity index (χ3n) is 3.80. The summed E-state index contributed by atoms with van der Waals surface area (Å²) < 4.78 is 12.1. The van der Waals surface area contributed by atoms with Crippen molar-refractivity contribution >= 4 is 28.6 Å². The fraction of sp³-hybridized carbons (Fsp3) is 0.286. The van der Waals surface area contributed by atoms with Crippen molar-refractivity contribution in [2.75, 3.05) is 12.9 Å². The van der Waals surface area contributed by atoms with Crippen molar-refractivity contribution in [1.29, 1.82) is 0 Å². The van der Waals surface area contributed by atoms with E-state index in [1.54, 1.807) is 49.6 Å². The second kappa shape index (κ2) is 8.06. The highest BCUT2D eigenvalue weighted by atomic mass is 32.2. The van der Waals surface area contributed by atoms with Gasteiger partial charge in [-0.25, -0.2) is 4.98 Å². The number of aromatic nitrogens is 2. The van der Waals surface area contributed by atoms with Crippen molar-refractivity contribution in [2.24, 2.45) is 0 Å². The molecule has 0 aliphatic carbocycles. The zero-order valence-electron chi connectivity index (χ0n) is 16.3. The summed E-state index contributed by atoms with van der Waals surface area (Å²) >= 11 is 1.17. The predicted octanol–water partition coefficient (Wildman–Crippen LogP) is 3.83. The van der Waals surface area contributed by atoms with Crippen molar-refractivity contribution < 1.29 is 14.3 Å². The van der Waals surface area contributed by atoms with Crippen molar-refractivity contribution in [3.05, 3.63) is 58.9 Å². The van der Waals surface area contributed by atoms with Gasteiger partial charge in [-0.1, -0.05) is 30.0 Å². The molecule has 0 radical (unpaired) electrons. The number of hydrogen-bond acceptors (Lipinski definition) is 6. The van der Waals surface area contributed by atoms with Gasteiger partial charge in [0.25, 0.3) is 5.56 Å². The highest BCUT2D eigenvalue weighted by Crippen LogP contribution is 2.24. The summed E-state index contributed by atoms with van der Waals surface area (Å²) in [5.74, 6) is 0.309. The third-order valence-corrected chi connectivity index (χ3v) is 4.71. The summed E-state index contributed by atoms with van der Waals surface area (Å²) in [6.07, 6.45) is 0. The van der Waals surface area contributed by atoms with Crippen LogP contribution in [0.3, 0.4) is 0 Å². The van der Waals surface area contributed by atoms with E-state index in [2.05, 4.69) is 4.98 Å². The lowest BCUT2D eigenvalue weighted by Gasteiger charge is -2.19. The Bertz CT molecular complexity index is 1070. The number of carbonyl (C=O) groups excluding carboxylic acids is 1. The number of carbonyl (C=O) groups is 1. The number of thioether (sulfide) groups is 1. The Morgan fingerprint density at radius 3 is 2.61 bits per heavy atom. The molecule has 0 fully saturated rings. The largest absolute Gasteiger partial charge is 0.497 e. The Hall–Kier alpha value is -2.80. The molecule has 0 N–H and O–H groups in total. The fourth-order valence-corrected chi connectivity index (χ4v) is 3.47. The maximum Gasteiger partial charge on any atom is 0.316 e. The molecule has 3 aromatic rings. The first-order valence-electron chi connectivity index (χ1n) is 8.79. The highest BCUT2D eigenvalue weighted by Gasteiger charge is 2.19. The number of hydrogen-bond donors (Lipinski definition) is 0. The van der Waals surface area contributed by atoms with Gasteiger partial charge in [0.1, 0.15) is 11.4 Å². The molecule has 7 heteroatoms. The molecule has 0 aliphatic rings.